The molecule has 2 aliphatic heterocycles. The van der Waals surface area contributed by atoms with Crippen LogP contribution in [-0.2, 0) is 11.3 Å². The summed E-state index contributed by atoms with van der Waals surface area (Å²) in [5, 5.41) is 16.8. The van der Waals surface area contributed by atoms with Crippen molar-refractivity contribution < 1.29 is 14.3 Å². The van der Waals surface area contributed by atoms with Crippen molar-refractivity contribution in [2.24, 2.45) is 10.1 Å². The van der Waals surface area contributed by atoms with Gasteiger partial charge in [0.15, 0.2) is 5.84 Å². The van der Waals surface area contributed by atoms with Crippen molar-refractivity contribution in [3.8, 4) is 11.5 Å². The zero-order valence-electron chi connectivity index (χ0n) is 19.5. The lowest BCUT2D eigenvalue weighted by Gasteiger charge is -2.20. The molecule has 0 bridgehead atoms. The van der Waals surface area contributed by atoms with Gasteiger partial charge >= 0.3 is 0 Å². The summed E-state index contributed by atoms with van der Waals surface area (Å²) in [7, 11) is 1.64. The van der Waals surface area contributed by atoms with Crippen molar-refractivity contribution >= 4 is 50.7 Å². The third kappa shape index (κ3) is 4.59. The van der Waals surface area contributed by atoms with Gasteiger partial charge in [0.05, 0.1) is 19.3 Å². The molecule has 3 heterocycles. The van der Waals surface area contributed by atoms with Gasteiger partial charge in [0.1, 0.15) is 16.5 Å². The van der Waals surface area contributed by atoms with Crippen LogP contribution in [0.4, 0.5) is 0 Å². The largest absolute Gasteiger partial charge is 0.497 e. The second kappa shape index (κ2) is 9.79. The van der Waals surface area contributed by atoms with Crippen LogP contribution in [0.2, 0.25) is 0 Å². The number of aromatic nitrogens is 1. The number of hydrogen-bond donors (Lipinski definition) is 1. The van der Waals surface area contributed by atoms with E-state index in [1.807, 2.05) is 55.6 Å². The minimum Gasteiger partial charge on any atom is -0.497 e. The number of aliphatic imine (C=N–C) groups is 1. The van der Waals surface area contributed by atoms with Crippen LogP contribution in [0.5, 0.6) is 11.5 Å². The van der Waals surface area contributed by atoms with E-state index in [9.17, 15) is 4.79 Å². The lowest BCUT2D eigenvalue weighted by molar-refractivity contribution is -0.114. The molecule has 0 saturated heterocycles. The molecule has 2 aromatic carbocycles. The van der Waals surface area contributed by atoms with Crippen LogP contribution >= 0.6 is 11.8 Å². The molecule has 0 radical (unpaired) electrons. The molecule has 3 aromatic rings. The maximum Gasteiger partial charge on any atom is 0.283 e. The molecule has 5 rings (SSSR count). The normalized spacial score (nSPS) is 16.5. The van der Waals surface area contributed by atoms with Crippen molar-refractivity contribution in [1.29, 1.82) is 5.41 Å². The van der Waals surface area contributed by atoms with Crippen molar-refractivity contribution in [3.63, 3.8) is 0 Å². The number of amidine groups is 2. The van der Waals surface area contributed by atoms with E-state index in [0.29, 0.717) is 11.8 Å². The van der Waals surface area contributed by atoms with Crippen LogP contribution in [0.15, 0.2) is 70.4 Å². The van der Waals surface area contributed by atoms with Gasteiger partial charge in [0.25, 0.3) is 5.91 Å². The number of nitrogens with zero attached hydrogens (tertiary/aromatic N) is 4. The van der Waals surface area contributed by atoms with Gasteiger partial charge in [-0.2, -0.15) is 15.1 Å². The number of benzene rings is 2. The zero-order chi connectivity index (χ0) is 24.4. The first-order chi connectivity index (χ1) is 17.1. The summed E-state index contributed by atoms with van der Waals surface area (Å²) < 4.78 is 13.3. The van der Waals surface area contributed by atoms with Crippen LogP contribution in [0.25, 0.3) is 17.0 Å². The highest BCUT2D eigenvalue weighted by Gasteiger charge is 2.35. The van der Waals surface area contributed by atoms with E-state index in [0.717, 1.165) is 52.4 Å². The second-order valence-electron chi connectivity index (χ2n) is 8.04. The van der Waals surface area contributed by atoms with E-state index in [2.05, 4.69) is 20.7 Å². The summed E-state index contributed by atoms with van der Waals surface area (Å²) in [6.07, 6.45) is 5.30. The summed E-state index contributed by atoms with van der Waals surface area (Å²) >= 11 is 1.34. The van der Waals surface area contributed by atoms with E-state index in [4.69, 9.17) is 14.9 Å². The number of carbonyl (C=O) groups is 1. The Labute approximate surface area is 207 Å². The molecule has 8 nitrogen and oxygen atoms in total. The van der Waals surface area contributed by atoms with Crippen molar-refractivity contribution in [2.75, 3.05) is 13.7 Å². The molecule has 0 atom stereocenters. The Balaban J connectivity index is 1.35. The van der Waals surface area contributed by atoms with Gasteiger partial charge in [-0.1, -0.05) is 31.2 Å². The lowest BCUT2D eigenvalue weighted by Crippen LogP contribution is -2.35. The first-order valence-electron chi connectivity index (χ1n) is 11.4. The summed E-state index contributed by atoms with van der Waals surface area (Å²) in [5.74, 6) is 1.18. The van der Waals surface area contributed by atoms with Gasteiger partial charge in [0, 0.05) is 35.3 Å². The van der Waals surface area contributed by atoms with E-state index >= 15 is 0 Å². The fourth-order valence-corrected chi connectivity index (χ4v) is 4.85. The summed E-state index contributed by atoms with van der Waals surface area (Å²) in [5.41, 5.74) is 2.16. The Kier molecular flexibility index (Phi) is 6.41. The number of methoxy groups -OCH3 is 1. The SMILES string of the molecule is CCC1=NN2C(=N)C(=Cc3cn(CCCOc4cccc(OC)c4)c4ccccc34)C(=O)N=C2S1. The number of rotatable bonds is 8. The topological polar surface area (TPSA) is 92.3 Å². The first kappa shape index (κ1) is 22.9. The number of amides is 1. The molecule has 0 spiro atoms. The maximum absolute atomic E-state index is 12.8. The summed E-state index contributed by atoms with van der Waals surface area (Å²) in [6, 6.07) is 15.6. The van der Waals surface area contributed by atoms with Crippen LogP contribution in [0.1, 0.15) is 25.3 Å². The average molecular weight is 488 g/mol. The Bertz CT molecular complexity index is 1400. The standard InChI is InChI=1S/C26H25N5O3S/c1-3-23-29-31-24(27)21(25(32)28-26(31)35-23)14-17-16-30(22-11-5-4-10-20(17)22)12-7-13-34-19-9-6-8-18(15-19)33-2/h4-6,8-11,14-16,27H,3,7,12-13H2,1-2H3. The maximum atomic E-state index is 12.8. The third-order valence-electron chi connectivity index (χ3n) is 5.77. The summed E-state index contributed by atoms with van der Waals surface area (Å²) in [6.45, 7) is 3.29. The second-order valence-corrected chi connectivity index (χ2v) is 9.08. The van der Waals surface area contributed by atoms with Gasteiger partial charge in [0.2, 0.25) is 5.17 Å². The molecule has 1 N–H and O–H groups in total. The molecule has 0 unspecified atom stereocenters. The zero-order valence-corrected chi connectivity index (χ0v) is 20.3. The minimum absolute atomic E-state index is 0.0551. The van der Waals surface area contributed by atoms with Crippen LogP contribution in [0.3, 0.4) is 0 Å². The molecule has 0 aliphatic carbocycles. The fourth-order valence-electron chi connectivity index (χ4n) is 4.02. The molecule has 1 aromatic heterocycles. The van der Waals surface area contributed by atoms with Crippen molar-refractivity contribution in [2.45, 2.75) is 26.3 Å². The number of thioether (sulfide) groups is 1. The Morgan fingerprint density at radius 2 is 1.97 bits per heavy atom. The number of nitrogens with one attached hydrogen (secondary N) is 1. The smallest absolute Gasteiger partial charge is 0.283 e. The number of aryl methyl sites for hydroxylation is 1. The van der Waals surface area contributed by atoms with Gasteiger partial charge in [-0.3, -0.25) is 10.2 Å². The third-order valence-corrected chi connectivity index (χ3v) is 6.82. The minimum atomic E-state index is -0.412. The molecule has 2 aliphatic rings. The highest BCUT2D eigenvalue weighted by Crippen LogP contribution is 2.31. The molecule has 0 saturated carbocycles. The molecule has 0 fully saturated rings. The number of fused-ring (bicyclic) bond motifs is 2. The van der Waals surface area contributed by atoms with Crippen LogP contribution < -0.4 is 9.47 Å². The van der Waals surface area contributed by atoms with E-state index in [1.54, 1.807) is 13.2 Å². The van der Waals surface area contributed by atoms with Gasteiger partial charge in [-0.25, -0.2) is 0 Å². The Hall–Kier alpha value is -3.85. The first-order valence-corrected chi connectivity index (χ1v) is 12.2. The predicted molar refractivity (Wildman–Crippen MR) is 140 cm³/mol. The van der Waals surface area contributed by atoms with E-state index in [-0.39, 0.29) is 11.4 Å². The monoisotopic (exact) mass is 487 g/mol. The van der Waals surface area contributed by atoms with Crippen molar-refractivity contribution in [3.05, 3.63) is 65.9 Å². The number of hydrazone groups is 1. The number of carbonyl (C=O) groups excluding carboxylic acids is 1. The number of para-hydroxylation sites is 1. The number of ether oxygens (including phenoxy) is 2. The fraction of sp³-hybridized carbons (Fsp3) is 0.231. The molecular weight excluding hydrogens is 462 g/mol. The van der Waals surface area contributed by atoms with Gasteiger partial charge in [-0.05, 0) is 48.9 Å². The highest BCUT2D eigenvalue weighted by molar-refractivity contribution is 8.26. The molecule has 9 heteroatoms. The highest BCUT2D eigenvalue weighted by atomic mass is 32.2. The predicted octanol–water partition coefficient (Wildman–Crippen LogP) is 5.15. The molecule has 35 heavy (non-hydrogen) atoms. The molecule has 178 valence electrons. The van der Waals surface area contributed by atoms with Crippen molar-refractivity contribution in [1.82, 2.24) is 9.58 Å². The van der Waals surface area contributed by atoms with Gasteiger partial charge in [-0.15, -0.1) is 0 Å². The Morgan fingerprint density at radius 3 is 2.80 bits per heavy atom. The quantitative estimate of drug-likeness (QED) is 0.351. The summed E-state index contributed by atoms with van der Waals surface area (Å²) in [4.78, 5) is 16.9. The van der Waals surface area contributed by atoms with Crippen LogP contribution in [0, 0.1) is 5.41 Å². The average Bonchev–Trinajstić information content (AvgIpc) is 3.46. The van der Waals surface area contributed by atoms with Crippen LogP contribution in [-0.4, -0.2) is 45.2 Å². The van der Waals surface area contributed by atoms with E-state index in [1.165, 1.54) is 16.8 Å². The number of hydrogen-bond acceptors (Lipinski definition) is 6. The van der Waals surface area contributed by atoms with E-state index < -0.39 is 5.91 Å². The molecule has 1 amide bonds. The lowest BCUT2D eigenvalue weighted by atomic mass is 10.1. The molecular formula is C26H25N5O3S. The van der Waals surface area contributed by atoms with Gasteiger partial charge < -0.3 is 14.0 Å². The Morgan fingerprint density at radius 1 is 1.14 bits per heavy atom.